The van der Waals surface area contributed by atoms with Gasteiger partial charge in [-0.3, -0.25) is 0 Å². The summed E-state index contributed by atoms with van der Waals surface area (Å²) in [6.45, 7) is 2.86. The van der Waals surface area contributed by atoms with E-state index in [1.807, 2.05) is 0 Å². The molecule has 0 N–H and O–H groups in total. The van der Waals surface area contributed by atoms with E-state index in [-0.39, 0.29) is 0 Å². The third-order valence-electron chi connectivity index (χ3n) is 3.67. The second-order valence-electron chi connectivity index (χ2n) is 4.65. The van der Waals surface area contributed by atoms with Gasteiger partial charge in [0.15, 0.2) is 0 Å². The molecule has 1 aliphatic heterocycles. The van der Waals surface area contributed by atoms with Gasteiger partial charge in [-0.25, -0.2) is 0 Å². The Morgan fingerprint density at radius 3 is 2.56 bits per heavy atom. The molecule has 16 heavy (non-hydrogen) atoms. The van der Waals surface area contributed by atoms with Crippen LogP contribution in [0.3, 0.4) is 0 Å². The third-order valence-corrected chi connectivity index (χ3v) is 3.67. The Kier molecular flexibility index (Phi) is 2.32. The molecule has 0 amide bonds. The standard InChI is InChI=1S/C15H15B/c1-12-6-5-7-13-10-11-16(15(12)13)14-8-3-2-4-9-14/h2-9H,10-11H2,1H3. The minimum absolute atomic E-state index is 0.623. The lowest BCUT2D eigenvalue weighted by Gasteiger charge is -2.11. The van der Waals surface area contributed by atoms with E-state index >= 15 is 0 Å². The Balaban J connectivity index is 2.10. The molecule has 1 heteroatoms. The number of rotatable bonds is 1. The van der Waals surface area contributed by atoms with Gasteiger partial charge in [-0.15, -0.1) is 0 Å². The van der Waals surface area contributed by atoms with Crippen LogP contribution in [-0.4, -0.2) is 6.71 Å². The summed E-state index contributed by atoms with van der Waals surface area (Å²) in [7, 11) is 0. The van der Waals surface area contributed by atoms with Gasteiger partial charge in [-0.1, -0.05) is 76.9 Å². The van der Waals surface area contributed by atoms with Gasteiger partial charge < -0.3 is 0 Å². The van der Waals surface area contributed by atoms with Crippen molar-refractivity contribution in [2.24, 2.45) is 0 Å². The lowest BCUT2D eigenvalue weighted by atomic mass is 9.40. The predicted octanol–water partition coefficient (Wildman–Crippen LogP) is 2.16. The van der Waals surface area contributed by atoms with Crippen LogP contribution in [0.2, 0.25) is 6.32 Å². The molecule has 0 spiro atoms. The molecule has 3 rings (SSSR count). The molecule has 0 aromatic heterocycles. The molecular formula is C15H15B. The van der Waals surface area contributed by atoms with Gasteiger partial charge in [0.25, 0.3) is 0 Å². The zero-order valence-corrected chi connectivity index (χ0v) is 9.61. The Bertz CT molecular complexity index is 502. The summed E-state index contributed by atoms with van der Waals surface area (Å²) in [4.78, 5) is 0. The first kappa shape index (κ1) is 9.71. The SMILES string of the molecule is Cc1cccc2c1B(c1ccccc1)CC2. The average Bonchev–Trinajstić information content (AvgIpc) is 2.75. The molecule has 0 nitrogen and oxygen atoms in total. The molecule has 78 valence electrons. The van der Waals surface area contributed by atoms with Crippen LogP contribution in [0.25, 0.3) is 0 Å². The van der Waals surface area contributed by atoms with Crippen molar-refractivity contribution in [3.05, 3.63) is 59.7 Å². The lowest BCUT2D eigenvalue weighted by molar-refractivity contribution is 1.17. The highest BCUT2D eigenvalue weighted by molar-refractivity contribution is 6.86. The molecule has 0 saturated carbocycles. The number of benzene rings is 2. The molecule has 0 fully saturated rings. The Labute approximate surface area is 97.4 Å². The smallest absolute Gasteiger partial charge is 0.0741 e. The highest BCUT2D eigenvalue weighted by Gasteiger charge is 2.28. The quantitative estimate of drug-likeness (QED) is 0.627. The lowest BCUT2D eigenvalue weighted by Crippen LogP contribution is -2.40. The van der Waals surface area contributed by atoms with Crippen molar-refractivity contribution in [1.29, 1.82) is 0 Å². The van der Waals surface area contributed by atoms with Crippen molar-refractivity contribution in [2.45, 2.75) is 19.7 Å². The summed E-state index contributed by atoms with van der Waals surface area (Å²) < 4.78 is 0. The van der Waals surface area contributed by atoms with E-state index < -0.39 is 0 Å². The summed E-state index contributed by atoms with van der Waals surface area (Å²) in [6, 6.07) is 17.6. The number of aryl methyl sites for hydroxylation is 2. The summed E-state index contributed by atoms with van der Waals surface area (Å²) in [5.41, 5.74) is 6.04. The number of fused-ring (bicyclic) bond motifs is 1. The van der Waals surface area contributed by atoms with Gasteiger partial charge in [0, 0.05) is 0 Å². The van der Waals surface area contributed by atoms with Crippen LogP contribution in [0.15, 0.2) is 48.5 Å². The van der Waals surface area contributed by atoms with Crippen molar-refractivity contribution < 1.29 is 0 Å². The van der Waals surface area contributed by atoms with Crippen LogP contribution in [0.5, 0.6) is 0 Å². The Morgan fingerprint density at radius 1 is 0.938 bits per heavy atom. The van der Waals surface area contributed by atoms with E-state index in [4.69, 9.17) is 0 Å². The van der Waals surface area contributed by atoms with Crippen molar-refractivity contribution in [3.8, 4) is 0 Å². The minimum Gasteiger partial charge on any atom is -0.0741 e. The molecule has 0 saturated heterocycles. The van der Waals surface area contributed by atoms with E-state index in [0.717, 1.165) is 0 Å². The van der Waals surface area contributed by atoms with E-state index in [9.17, 15) is 0 Å². The maximum atomic E-state index is 2.28. The molecule has 0 bridgehead atoms. The first-order chi connectivity index (χ1) is 7.86. The van der Waals surface area contributed by atoms with Crippen LogP contribution in [0.4, 0.5) is 0 Å². The largest absolute Gasteiger partial charge is 0.210 e. The van der Waals surface area contributed by atoms with Crippen LogP contribution in [-0.2, 0) is 6.42 Å². The van der Waals surface area contributed by atoms with Crippen LogP contribution in [0.1, 0.15) is 11.1 Å². The zero-order valence-electron chi connectivity index (χ0n) is 9.61. The topological polar surface area (TPSA) is 0 Å². The van der Waals surface area contributed by atoms with Gasteiger partial charge in [-0.2, -0.15) is 0 Å². The maximum Gasteiger partial charge on any atom is 0.210 e. The second kappa shape index (κ2) is 3.82. The summed E-state index contributed by atoms with van der Waals surface area (Å²) in [5.74, 6) is 0. The highest BCUT2D eigenvalue weighted by atomic mass is 14.1. The normalized spacial score (nSPS) is 13.9. The second-order valence-corrected chi connectivity index (χ2v) is 4.65. The van der Waals surface area contributed by atoms with E-state index in [1.54, 1.807) is 11.0 Å². The molecule has 1 heterocycles. The average molecular weight is 206 g/mol. The third kappa shape index (κ3) is 1.47. The summed E-state index contributed by atoms with van der Waals surface area (Å²) >= 11 is 0. The molecule has 0 aliphatic carbocycles. The van der Waals surface area contributed by atoms with Gasteiger partial charge >= 0.3 is 0 Å². The fraction of sp³-hybridized carbons (Fsp3) is 0.200. The summed E-state index contributed by atoms with van der Waals surface area (Å²) in [5, 5.41) is 0. The van der Waals surface area contributed by atoms with E-state index in [0.29, 0.717) is 6.71 Å². The van der Waals surface area contributed by atoms with Crippen molar-refractivity contribution in [3.63, 3.8) is 0 Å². The van der Waals surface area contributed by atoms with Crippen LogP contribution < -0.4 is 10.9 Å². The fourth-order valence-corrected chi connectivity index (χ4v) is 2.92. The molecule has 2 aromatic rings. The van der Waals surface area contributed by atoms with E-state index in [2.05, 4.69) is 55.5 Å². The van der Waals surface area contributed by atoms with Crippen LogP contribution >= 0.6 is 0 Å². The molecule has 0 atom stereocenters. The molecular weight excluding hydrogens is 191 g/mol. The van der Waals surface area contributed by atoms with Crippen molar-refractivity contribution >= 4 is 17.6 Å². The minimum atomic E-state index is 0.623. The van der Waals surface area contributed by atoms with Crippen molar-refractivity contribution in [1.82, 2.24) is 0 Å². The number of hydrogen-bond acceptors (Lipinski definition) is 0. The fourth-order valence-electron chi connectivity index (χ4n) is 2.92. The van der Waals surface area contributed by atoms with Gasteiger partial charge in [0.05, 0.1) is 0 Å². The molecule has 2 aromatic carbocycles. The molecule has 0 radical (unpaired) electrons. The van der Waals surface area contributed by atoms with Gasteiger partial charge in [0.1, 0.15) is 0 Å². The predicted molar refractivity (Wildman–Crippen MR) is 71.2 cm³/mol. The van der Waals surface area contributed by atoms with E-state index in [1.165, 1.54) is 23.8 Å². The number of hydrogen-bond donors (Lipinski definition) is 0. The van der Waals surface area contributed by atoms with Crippen molar-refractivity contribution in [2.75, 3.05) is 0 Å². The van der Waals surface area contributed by atoms with Gasteiger partial charge in [-0.05, 0) is 13.3 Å². The first-order valence-electron chi connectivity index (χ1n) is 5.99. The Morgan fingerprint density at radius 2 is 1.75 bits per heavy atom. The highest BCUT2D eigenvalue weighted by Crippen LogP contribution is 2.16. The molecule has 1 aliphatic rings. The monoisotopic (exact) mass is 206 g/mol. The summed E-state index contributed by atoms with van der Waals surface area (Å²) in [6.07, 6.45) is 2.50. The van der Waals surface area contributed by atoms with Gasteiger partial charge in [0.2, 0.25) is 6.71 Å². The molecule has 0 unspecified atom stereocenters. The maximum absolute atomic E-state index is 2.28. The Hall–Kier alpha value is -1.50. The first-order valence-corrected chi connectivity index (χ1v) is 5.99. The zero-order chi connectivity index (χ0) is 11.0. The van der Waals surface area contributed by atoms with Crippen LogP contribution in [0, 0.1) is 6.92 Å².